The molecule has 1 rings (SSSR count). The fourth-order valence-electron chi connectivity index (χ4n) is 1.79. The minimum absolute atomic E-state index is 0.637. The summed E-state index contributed by atoms with van der Waals surface area (Å²) in [7, 11) is 4.96. The summed E-state index contributed by atoms with van der Waals surface area (Å²) in [6.45, 7) is 4.91. The van der Waals surface area contributed by atoms with Gasteiger partial charge in [0.05, 0.1) is 27.4 Å². The van der Waals surface area contributed by atoms with E-state index >= 15 is 0 Å². The van der Waals surface area contributed by atoms with Crippen LogP contribution in [0, 0.1) is 0 Å². The Morgan fingerprint density at radius 1 is 1.00 bits per heavy atom. The largest absolute Gasteiger partial charge is 0.493 e. The smallest absolute Gasteiger partial charge is 0.203 e. The van der Waals surface area contributed by atoms with E-state index in [2.05, 4.69) is 12.2 Å². The maximum absolute atomic E-state index is 5.71. The van der Waals surface area contributed by atoms with Crippen molar-refractivity contribution in [3.8, 4) is 17.2 Å². The Labute approximate surface area is 121 Å². The average molecular weight is 283 g/mol. The first-order valence-electron chi connectivity index (χ1n) is 6.84. The van der Waals surface area contributed by atoms with Gasteiger partial charge in [0.2, 0.25) is 5.75 Å². The minimum Gasteiger partial charge on any atom is -0.493 e. The Morgan fingerprint density at radius 2 is 1.65 bits per heavy atom. The van der Waals surface area contributed by atoms with Gasteiger partial charge in [-0.05, 0) is 24.1 Å². The molecule has 0 aromatic heterocycles. The van der Waals surface area contributed by atoms with Crippen LogP contribution in [-0.2, 0) is 11.3 Å². The SMILES string of the molecule is CCCOc1c(OC)cc(CNCCOC)cc1OC. The standard InChI is InChI=1S/C15H25NO4/c1-5-7-20-15-13(18-3)9-12(10-14(15)19-4)11-16-6-8-17-2/h9-10,16H,5-8,11H2,1-4H3. The van der Waals surface area contributed by atoms with E-state index in [9.17, 15) is 0 Å². The van der Waals surface area contributed by atoms with Gasteiger partial charge >= 0.3 is 0 Å². The van der Waals surface area contributed by atoms with Gasteiger partial charge in [0, 0.05) is 20.2 Å². The maximum Gasteiger partial charge on any atom is 0.203 e. The first kappa shape index (κ1) is 16.6. The lowest BCUT2D eigenvalue weighted by atomic mass is 10.1. The Bertz CT molecular complexity index is 370. The van der Waals surface area contributed by atoms with Crippen molar-refractivity contribution >= 4 is 0 Å². The number of hydrogen-bond donors (Lipinski definition) is 1. The highest BCUT2D eigenvalue weighted by Crippen LogP contribution is 2.38. The monoisotopic (exact) mass is 283 g/mol. The van der Waals surface area contributed by atoms with Gasteiger partial charge < -0.3 is 24.3 Å². The molecule has 0 spiro atoms. The molecule has 0 bridgehead atoms. The van der Waals surface area contributed by atoms with Crippen LogP contribution in [0.4, 0.5) is 0 Å². The molecule has 0 aliphatic heterocycles. The van der Waals surface area contributed by atoms with Gasteiger partial charge in [0.15, 0.2) is 11.5 Å². The van der Waals surface area contributed by atoms with Gasteiger partial charge in [-0.2, -0.15) is 0 Å². The van der Waals surface area contributed by atoms with Crippen LogP contribution in [0.3, 0.4) is 0 Å². The van der Waals surface area contributed by atoms with Crippen LogP contribution in [0.15, 0.2) is 12.1 Å². The molecule has 0 saturated carbocycles. The third kappa shape index (κ3) is 4.90. The zero-order valence-corrected chi connectivity index (χ0v) is 12.8. The zero-order chi connectivity index (χ0) is 14.8. The van der Waals surface area contributed by atoms with Crippen molar-refractivity contribution in [3.05, 3.63) is 17.7 Å². The number of ether oxygens (including phenoxy) is 4. The summed E-state index contributed by atoms with van der Waals surface area (Å²) in [5, 5.41) is 3.29. The molecule has 0 heterocycles. The highest BCUT2D eigenvalue weighted by molar-refractivity contribution is 5.53. The Hall–Kier alpha value is -1.46. The van der Waals surface area contributed by atoms with Gasteiger partial charge in [-0.15, -0.1) is 0 Å². The van der Waals surface area contributed by atoms with Crippen molar-refractivity contribution in [3.63, 3.8) is 0 Å². The van der Waals surface area contributed by atoms with Crippen molar-refractivity contribution < 1.29 is 18.9 Å². The highest BCUT2D eigenvalue weighted by atomic mass is 16.5. The normalized spacial score (nSPS) is 10.4. The quantitative estimate of drug-likeness (QED) is 0.667. The Balaban J connectivity index is 2.82. The molecule has 20 heavy (non-hydrogen) atoms. The molecule has 0 aliphatic rings. The van der Waals surface area contributed by atoms with Gasteiger partial charge in [0.1, 0.15) is 0 Å². The van der Waals surface area contributed by atoms with Gasteiger partial charge in [-0.25, -0.2) is 0 Å². The molecule has 5 heteroatoms. The lowest BCUT2D eigenvalue weighted by molar-refractivity contribution is 0.199. The zero-order valence-electron chi connectivity index (χ0n) is 12.8. The fourth-order valence-corrected chi connectivity index (χ4v) is 1.79. The Kier molecular flexibility index (Phi) is 7.84. The molecule has 1 aromatic rings. The highest BCUT2D eigenvalue weighted by Gasteiger charge is 2.13. The topological polar surface area (TPSA) is 49.0 Å². The molecule has 0 aliphatic carbocycles. The lowest BCUT2D eigenvalue weighted by Crippen LogP contribution is -2.18. The number of methoxy groups -OCH3 is 3. The number of rotatable bonds is 10. The summed E-state index contributed by atoms with van der Waals surface area (Å²) in [5.74, 6) is 2.06. The van der Waals surface area contributed by atoms with E-state index in [-0.39, 0.29) is 0 Å². The molecular weight excluding hydrogens is 258 g/mol. The van der Waals surface area contributed by atoms with Gasteiger partial charge in [-0.1, -0.05) is 6.92 Å². The lowest BCUT2D eigenvalue weighted by Gasteiger charge is -2.16. The average Bonchev–Trinajstić information content (AvgIpc) is 2.49. The third-order valence-electron chi connectivity index (χ3n) is 2.78. The third-order valence-corrected chi connectivity index (χ3v) is 2.78. The molecule has 114 valence electrons. The van der Waals surface area contributed by atoms with Crippen LogP contribution in [-0.4, -0.2) is 41.1 Å². The summed E-state index contributed by atoms with van der Waals surface area (Å²) in [5.41, 5.74) is 1.08. The molecule has 0 fully saturated rings. The number of benzene rings is 1. The number of hydrogen-bond acceptors (Lipinski definition) is 5. The van der Waals surface area contributed by atoms with Crippen LogP contribution < -0.4 is 19.5 Å². The summed E-state index contributed by atoms with van der Waals surface area (Å²) in [4.78, 5) is 0. The van der Waals surface area contributed by atoms with Crippen LogP contribution in [0.1, 0.15) is 18.9 Å². The fraction of sp³-hybridized carbons (Fsp3) is 0.600. The van der Waals surface area contributed by atoms with E-state index in [1.165, 1.54) is 0 Å². The van der Waals surface area contributed by atoms with E-state index < -0.39 is 0 Å². The molecule has 0 amide bonds. The summed E-state index contributed by atoms with van der Waals surface area (Å²) in [6.07, 6.45) is 0.937. The second-order valence-electron chi connectivity index (χ2n) is 4.35. The second kappa shape index (κ2) is 9.44. The molecule has 1 aromatic carbocycles. The maximum atomic E-state index is 5.71. The van der Waals surface area contributed by atoms with Crippen LogP contribution in [0.25, 0.3) is 0 Å². The molecule has 0 radical (unpaired) electrons. The first-order valence-corrected chi connectivity index (χ1v) is 6.84. The predicted molar refractivity (Wildman–Crippen MR) is 78.9 cm³/mol. The second-order valence-corrected chi connectivity index (χ2v) is 4.35. The van der Waals surface area contributed by atoms with Crippen LogP contribution in [0.2, 0.25) is 0 Å². The Morgan fingerprint density at radius 3 is 2.15 bits per heavy atom. The molecule has 5 nitrogen and oxygen atoms in total. The van der Waals surface area contributed by atoms with Crippen molar-refractivity contribution in [2.24, 2.45) is 0 Å². The van der Waals surface area contributed by atoms with Crippen molar-refractivity contribution in [1.82, 2.24) is 5.32 Å². The van der Waals surface area contributed by atoms with Crippen molar-refractivity contribution in [2.75, 3.05) is 41.1 Å². The van der Waals surface area contributed by atoms with Crippen LogP contribution >= 0.6 is 0 Å². The van der Waals surface area contributed by atoms with E-state index in [0.29, 0.717) is 30.5 Å². The summed E-state index contributed by atoms with van der Waals surface area (Å²) in [6, 6.07) is 3.93. The minimum atomic E-state index is 0.637. The molecule has 0 atom stereocenters. The predicted octanol–water partition coefficient (Wildman–Crippen LogP) is 2.23. The van der Waals surface area contributed by atoms with Crippen LogP contribution in [0.5, 0.6) is 17.2 Å². The van der Waals surface area contributed by atoms with Crippen molar-refractivity contribution in [1.29, 1.82) is 0 Å². The molecule has 0 saturated heterocycles. The van der Waals surface area contributed by atoms with Gasteiger partial charge in [-0.3, -0.25) is 0 Å². The van der Waals surface area contributed by atoms with E-state index in [1.807, 2.05) is 12.1 Å². The summed E-state index contributed by atoms with van der Waals surface area (Å²) >= 11 is 0. The molecule has 1 N–H and O–H groups in total. The van der Waals surface area contributed by atoms with E-state index in [1.54, 1.807) is 21.3 Å². The van der Waals surface area contributed by atoms with Crippen molar-refractivity contribution in [2.45, 2.75) is 19.9 Å². The van der Waals surface area contributed by atoms with Gasteiger partial charge in [0.25, 0.3) is 0 Å². The molecule has 0 unspecified atom stereocenters. The number of nitrogens with one attached hydrogen (secondary N) is 1. The molecular formula is C15H25NO4. The van der Waals surface area contributed by atoms with E-state index in [0.717, 1.165) is 25.1 Å². The summed E-state index contributed by atoms with van der Waals surface area (Å²) < 4.78 is 21.5. The van der Waals surface area contributed by atoms with E-state index in [4.69, 9.17) is 18.9 Å². The first-order chi connectivity index (χ1) is 9.76.